The lowest BCUT2D eigenvalue weighted by Gasteiger charge is -1.99. The molecule has 0 aliphatic heterocycles. The summed E-state index contributed by atoms with van der Waals surface area (Å²) in [5, 5.41) is 0.862. The van der Waals surface area contributed by atoms with Crippen LogP contribution in [0.25, 0.3) is 11.0 Å². The molecule has 0 radical (unpaired) electrons. The highest BCUT2D eigenvalue weighted by molar-refractivity contribution is 9.10. The van der Waals surface area contributed by atoms with Crippen molar-refractivity contribution in [3.05, 3.63) is 40.8 Å². The lowest BCUT2D eigenvalue weighted by Crippen LogP contribution is -1.87. The van der Waals surface area contributed by atoms with E-state index < -0.39 is 0 Å². The average Bonchev–Trinajstić information content (AvgIpc) is 2.83. The smallest absolute Gasteiger partial charge is 0.172 e. The molecule has 20 heavy (non-hydrogen) atoms. The molecule has 4 nitrogen and oxygen atoms in total. The van der Waals surface area contributed by atoms with Gasteiger partial charge in [-0.15, -0.1) is 0 Å². The van der Waals surface area contributed by atoms with Gasteiger partial charge in [-0.2, -0.15) is 0 Å². The van der Waals surface area contributed by atoms with E-state index >= 15 is 0 Å². The molecule has 1 aromatic carbocycles. The minimum Gasteiger partial charge on any atom is -0.497 e. The third-order valence-corrected chi connectivity index (χ3v) is 3.95. The molecule has 102 valence electrons. The number of hydrogen-bond acceptors (Lipinski definition) is 4. The molecule has 0 saturated carbocycles. The fourth-order valence-corrected chi connectivity index (χ4v) is 2.76. The number of nitrogens with one attached hydrogen (secondary N) is 1. The van der Waals surface area contributed by atoms with Gasteiger partial charge in [-0.05, 0) is 45.9 Å². The molecule has 3 rings (SSSR count). The third-order valence-electron chi connectivity index (χ3n) is 2.63. The Kier molecular flexibility index (Phi) is 3.62. The van der Waals surface area contributed by atoms with E-state index in [1.165, 1.54) is 6.07 Å². The molecule has 0 saturated heterocycles. The van der Waals surface area contributed by atoms with Crippen LogP contribution in [-0.4, -0.2) is 22.1 Å². The Labute approximate surface area is 126 Å². The quantitative estimate of drug-likeness (QED) is 0.772. The first kappa shape index (κ1) is 13.4. The second-order valence-corrected chi connectivity index (χ2v) is 5.86. The zero-order valence-electron chi connectivity index (χ0n) is 10.4. The topological polar surface area (TPSA) is 50.8 Å². The summed E-state index contributed by atoms with van der Waals surface area (Å²) < 4.78 is 19.5. The normalized spacial score (nSPS) is 10.9. The standard InChI is InChI=1S/C13H9BrFN3OS/c1-19-8-2-3-10-11(5-8)18-13(17-10)20-12-9(15)4-7(14)6-16-12/h2-6H,1H3,(H,17,18). The predicted molar refractivity (Wildman–Crippen MR) is 78.7 cm³/mol. The van der Waals surface area contributed by atoms with Crippen molar-refractivity contribution in [1.82, 2.24) is 15.0 Å². The minimum absolute atomic E-state index is 0.277. The van der Waals surface area contributed by atoms with E-state index in [2.05, 4.69) is 30.9 Å². The molecular formula is C13H9BrFN3OS. The zero-order chi connectivity index (χ0) is 14.1. The summed E-state index contributed by atoms with van der Waals surface area (Å²) in [4.78, 5) is 11.5. The first-order valence-corrected chi connectivity index (χ1v) is 7.29. The van der Waals surface area contributed by atoms with Crippen molar-refractivity contribution in [3.63, 3.8) is 0 Å². The number of benzene rings is 1. The molecule has 0 amide bonds. The van der Waals surface area contributed by atoms with Crippen LogP contribution in [0.4, 0.5) is 4.39 Å². The summed E-state index contributed by atoms with van der Waals surface area (Å²) in [6.45, 7) is 0. The summed E-state index contributed by atoms with van der Waals surface area (Å²) in [6.07, 6.45) is 1.55. The second-order valence-electron chi connectivity index (χ2n) is 3.97. The first-order valence-electron chi connectivity index (χ1n) is 5.68. The lowest BCUT2D eigenvalue weighted by atomic mass is 10.3. The van der Waals surface area contributed by atoms with E-state index in [0.717, 1.165) is 28.5 Å². The number of ether oxygens (including phenoxy) is 1. The molecule has 1 N–H and O–H groups in total. The average molecular weight is 354 g/mol. The number of pyridine rings is 1. The summed E-state index contributed by atoms with van der Waals surface area (Å²) in [5.74, 6) is 0.355. The Balaban J connectivity index is 1.94. The van der Waals surface area contributed by atoms with Gasteiger partial charge in [0.05, 0.1) is 18.1 Å². The number of rotatable bonds is 3. The van der Waals surface area contributed by atoms with Crippen molar-refractivity contribution >= 4 is 38.7 Å². The van der Waals surface area contributed by atoms with Crippen molar-refractivity contribution < 1.29 is 9.13 Å². The van der Waals surface area contributed by atoms with Gasteiger partial charge < -0.3 is 9.72 Å². The Hall–Kier alpha value is -1.60. The van der Waals surface area contributed by atoms with Gasteiger partial charge in [0.15, 0.2) is 11.0 Å². The molecule has 0 spiro atoms. The molecule has 2 aromatic heterocycles. The zero-order valence-corrected chi connectivity index (χ0v) is 12.8. The van der Waals surface area contributed by atoms with E-state index in [1.807, 2.05) is 18.2 Å². The highest BCUT2D eigenvalue weighted by Gasteiger charge is 2.10. The molecule has 2 heterocycles. The fraction of sp³-hybridized carbons (Fsp3) is 0.0769. The van der Waals surface area contributed by atoms with Crippen LogP contribution in [0.1, 0.15) is 0 Å². The van der Waals surface area contributed by atoms with Crippen LogP contribution in [0, 0.1) is 5.82 Å². The Morgan fingerprint density at radius 1 is 1.35 bits per heavy atom. The van der Waals surface area contributed by atoms with Crippen molar-refractivity contribution in [2.24, 2.45) is 0 Å². The molecule has 7 heteroatoms. The van der Waals surface area contributed by atoms with Gasteiger partial charge in [-0.1, -0.05) is 0 Å². The van der Waals surface area contributed by atoms with Gasteiger partial charge in [-0.25, -0.2) is 14.4 Å². The van der Waals surface area contributed by atoms with Crippen molar-refractivity contribution in [3.8, 4) is 5.75 Å². The summed E-state index contributed by atoms with van der Waals surface area (Å²) in [7, 11) is 1.61. The summed E-state index contributed by atoms with van der Waals surface area (Å²) >= 11 is 4.32. The molecule has 0 aliphatic carbocycles. The highest BCUT2D eigenvalue weighted by Crippen LogP contribution is 2.29. The van der Waals surface area contributed by atoms with E-state index in [4.69, 9.17) is 4.74 Å². The van der Waals surface area contributed by atoms with Crippen LogP contribution in [-0.2, 0) is 0 Å². The van der Waals surface area contributed by atoms with Gasteiger partial charge in [-0.3, -0.25) is 0 Å². The van der Waals surface area contributed by atoms with Crippen LogP contribution in [0.5, 0.6) is 5.75 Å². The number of H-pyrrole nitrogens is 1. The van der Waals surface area contributed by atoms with Crippen LogP contribution in [0.15, 0.2) is 45.1 Å². The summed E-state index contributed by atoms with van der Waals surface area (Å²) in [5.41, 5.74) is 1.63. The van der Waals surface area contributed by atoms with Gasteiger partial charge >= 0.3 is 0 Å². The molecule has 3 aromatic rings. The number of methoxy groups -OCH3 is 1. The second kappa shape index (κ2) is 5.41. The number of nitrogens with zero attached hydrogens (tertiary/aromatic N) is 2. The number of hydrogen-bond donors (Lipinski definition) is 1. The maximum Gasteiger partial charge on any atom is 0.172 e. The molecule has 0 unspecified atom stereocenters. The van der Waals surface area contributed by atoms with Crippen molar-refractivity contribution in [1.29, 1.82) is 0 Å². The number of imidazole rings is 1. The Morgan fingerprint density at radius 2 is 2.20 bits per heavy atom. The van der Waals surface area contributed by atoms with E-state index in [9.17, 15) is 4.39 Å². The molecule has 0 aliphatic rings. The highest BCUT2D eigenvalue weighted by atomic mass is 79.9. The Bertz CT molecular complexity index is 777. The predicted octanol–water partition coefficient (Wildman–Crippen LogP) is 4.02. The van der Waals surface area contributed by atoms with Crippen LogP contribution < -0.4 is 4.74 Å². The summed E-state index contributed by atoms with van der Waals surface area (Å²) in [6, 6.07) is 6.90. The molecule has 0 fully saturated rings. The first-order chi connectivity index (χ1) is 9.65. The van der Waals surface area contributed by atoms with E-state index in [1.54, 1.807) is 13.3 Å². The SMILES string of the molecule is COc1ccc2nc(Sc3ncc(Br)cc3F)[nH]c2c1. The monoisotopic (exact) mass is 353 g/mol. The number of aromatic amines is 1. The maximum atomic E-state index is 13.7. The number of fused-ring (bicyclic) bond motifs is 1. The molecular weight excluding hydrogens is 345 g/mol. The van der Waals surface area contributed by atoms with Gasteiger partial charge in [0.2, 0.25) is 0 Å². The lowest BCUT2D eigenvalue weighted by molar-refractivity contribution is 0.415. The van der Waals surface area contributed by atoms with E-state index in [0.29, 0.717) is 9.63 Å². The van der Waals surface area contributed by atoms with Gasteiger partial charge in [0, 0.05) is 16.7 Å². The largest absolute Gasteiger partial charge is 0.497 e. The number of halogens is 2. The van der Waals surface area contributed by atoms with Crippen molar-refractivity contribution in [2.45, 2.75) is 10.2 Å². The maximum absolute atomic E-state index is 13.7. The van der Waals surface area contributed by atoms with Gasteiger partial charge in [0.1, 0.15) is 10.8 Å². The van der Waals surface area contributed by atoms with Crippen LogP contribution >= 0.6 is 27.7 Å². The fourth-order valence-electron chi connectivity index (χ4n) is 1.71. The van der Waals surface area contributed by atoms with Gasteiger partial charge in [0.25, 0.3) is 0 Å². The number of aromatic nitrogens is 3. The molecule has 0 bridgehead atoms. The van der Waals surface area contributed by atoms with E-state index in [-0.39, 0.29) is 10.8 Å². The minimum atomic E-state index is -0.387. The van der Waals surface area contributed by atoms with Crippen LogP contribution in [0.3, 0.4) is 0 Å². The Morgan fingerprint density at radius 3 is 2.95 bits per heavy atom. The van der Waals surface area contributed by atoms with Crippen LogP contribution in [0.2, 0.25) is 0 Å². The molecule has 0 atom stereocenters. The van der Waals surface area contributed by atoms with Crippen molar-refractivity contribution in [2.75, 3.05) is 7.11 Å². The third kappa shape index (κ3) is 2.64.